The van der Waals surface area contributed by atoms with E-state index in [4.69, 9.17) is 0 Å². The van der Waals surface area contributed by atoms with Crippen molar-refractivity contribution in [1.29, 1.82) is 0 Å². The smallest absolute Gasteiger partial charge is 0.00183 e. The molecule has 0 radical (unpaired) electrons. The third-order valence-electron chi connectivity index (χ3n) is 3.17. The van der Waals surface area contributed by atoms with Crippen LogP contribution in [0.3, 0.4) is 0 Å². The normalized spacial score (nSPS) is 38.5. The standard InChI is InChI=1S/C11H12/c1-2-10-8-4-6-9(7-5-8)11(10)3-1/h2-4,6,8-9H,1,5,7H2/t8-,9+. The van der Waals surface area contributed by atoms with Gasteiger partial charge in [-0.3, -0.25) is 0 Å². The van der Waals surface area contributed by atoms with Crippen LogP contribution in [0, 0.1) is 11.8 Å². The maximum atomic E-state index is 2.41. The van der Waals surface area contributed by atoms with Crippen molar-refractivity contribution in [3.05, 3.63) is 35.5 Å². The zero-order valence-electron chi connectivity index (χ0n) is 6.59. The van der Waals surface area contributed by atoms with Gasteiger partial charge >= 0.3 is 0 Å². The zero-order valence-corrected chi connectivity index (χ0v) is 6.59. The Morgan fingerprint density at radius 3 is 1.91 bits per heavy atom. The predicted molar refractivity (Wildman–Crippen MR) is 46.1 cm³/mol. The number of hydrogen-bond donors (Lipinski definition) is 0. The number of allylic oxidation sites excluding steroid dienone is 6. The van der Waals surface area contributed by atoms with Crippen LogP contribution in [0.1, 0.15) is 19.3 Å². The van der Waals surface area contributed by atoms with Gasteiger partial charge in [0.1, 0.15) is 0 Å². The summed E-state index contributed by atoms with van der Waals surface area (Å²) < 4.78 is 0. The molecule has 0 saturated heterocycles. The maximum absolute atomic E-state index is 2.41. The molecular formula is C11H12. The fraction of sp³-hybridized carbons (Fsp3) is 0.455. The van der Waals surface area contributed by atoms with E-state index in [0.29, 0.717) is 0 Å². The van der Waals surface area contributed by atoms with E-state index in [-0.39, 0.29) is 0 Å². The molecule has 0 nitrogen and oxygen atoms in total. The molecule has 0 spiro atoms. The Balaban J connectivity index is 2.17. The van der Waals surface area contributed by atoms with Crippen molar-refractivity contribution < 1.29 is 0 Å². The van der Waals surface area contributed by atoms with E-state index < -0.39 is 0 Å². The van der Waals surface area contributed by atoms with Crippen LogP contribution in [-0.4, -0.2) is 0 Å². The first-order valence-electron chi connectivity index (χ1n) is 4.54. The summed E-state index contributed by atoms with van der Waals surface area (Å²) in [5.74, 6) is 1.57. The van der Waals surface area contributed by atoms with Crippen LogP contribution in [0.25, 0.3) is 0 Å². The second kappa shape index (κ2) is 1.88. The van der Waals surface area contributed by atoms with Crippen molar-refractivity contribution in [1.82, 2.24) is 0 Å². The first-order valence-corrected chi connectivity index (χ1v) is 4.54. The summed E-state index contributed by atoms with van der Waals surface area (Å²) in [7, 11) is 0. The molecule has 0 N–H and O–H groups in total. The third kappa shape index (κ3) is 0.649. The van der Waals surface area contributed by atoms with Crippen LogP contribution in [0.4, 0.5) is 0 Å². The molecule has 1 fully saturated rings. The molecule has 11 heavy (non-hydrogen) atoms. The van der Waals surface area contributed by atoms with Crippen LogP contribution in [0.15, 0.2) is 35.5 Å². The van der Waals surface area contributed by atoms with Crippen LogP contribution in [0.5, 0.6) is 0 Å². The second-order valence-electron chi connectivity index (χ2n) is 3.73. The lowest BCUT2D eigenvalue weighted by Crippen LogP contribution is -2.21. The van der Waals surface area contributed by atoms with E-state index in [1.165, 1.54) is 19.3 Å². The van der Waals surface area contributed by atoms with Gasteiger partial charge in [0.25, 0.3) is 0 Å². The van der Waals surface area contributed by atoms with Gasteiger partial charge in [0.05, 0.1) is 0 Å². The summed E-state index contributed by atoms with van der Waals surface area (Å²) in [6, 6.07) is 0. The van der Waals surface area contributed by atoms with Crippen LogP contribution in [-0.2, 0) is 0 Å². The molecule has 56 valence electrons. The molecule has 1 saturated carbocycles. The fourth-order valence-corrected chi connectivity index (χ4v) is 2.62. The molecule has 0 aliphatic heterocycles. The van der Waals surface area contributed by atoms with Crippen molar-refractivity contribution in [2.75, 3.05) is 0 Å². The van der Waals surface area contributed by atoms with Crippen LogP contribution < -0.4 is 0 Å². The van der Waals surface area contributed by atoms with Crippen molar-refractivity contribution in [3.63, 3.8) is 0 Å². The largest absolute Gasteiger partial charge is 0.0804 e. The molecule has 4 aliphatic carbocycles. The summed E-state index contributed by atoms with van der Waals surface area (Å²) in [4.78, 5) is 0. The molecule has 0 heterocycles. The highest BCUT2D eigenvalue weighted by Gasteiger charge is 2.32. The quantitative estimate of drug-likeness (QED) is 0.458. The first-order chi connectivity index (χ1) is 5.45. The lowest BCUT2D eigenvalue weighted by molar-refractivity contribution is 0.485. The number of fused-ring (bicyclic) bond motifs is 1. The monoisotopic (exact) mass is 144 g/mol. The summed E-state index contributed by atoms with van der Waals surface area (Å²) >= 11 is 0. The summed E-state index contributed by atoms with van der Waals surface area (Å²) in [5, 5.41) is 0. The van der Waals surface area contributed by atoms with Gasteiger partial charge in [-0.15, -0.1) is 0 Å². The molecular weight excluding hydrogens is 132 g/mol. The van der Waals surface area contributed by atoms with E-state index in [9.17, 15) is 0 Å². The van der Waals surface area contributed by atoms with Crippen molar-refractivity contribution >= 4 is 0 Å². The Kier molecular flexibility index (Phi) is 0.993. The average Bonchev–Trinajstić information content (AvgIpc) is 2.55. The first kappa shape index (κ1) is 5.82. The molecule has 2 bridgehead atoms. The zero-order chi connectivity index (χ0) is 7.26. The van der Waals surface area contributed by atoms with E-state index in [0.717, 1.165) is 11.8 Å². The summed E-state index contributed by atoms with van der Waals surface area (Å²) in [5.41, 5.74) is 3.31. The second-order valence-corrected chi connectivity index (χ2v) is 3.73. The molecule has 2 atom stereocenters. The summed E-state index contributed by atoms with van der Waals surface area (Å²) in [6.07, 6.45) is 13.6. The van der Waals surface area contributed by atoms with Gasteiger partial charge in [-0.05, 0) is 30.4 Å². The van der Waals surface area contributed by atoms with Gasteiger partial charge in [-0.2, -0.15) is 0 Å². The molecule has 0 heteroatoms. The van der Waals surface area contributed by atoms with Gasteiger partial charge in [0.15, 0.2) is 0 Å². The Labute approximate surface area is 67.3 Å². The molecule has 0 aromatic carbocycles. The Hall–Kier alpha value is -0.780. The minimum atomic E-state index is 0.786. The van der Waals surface area contributed by atoms with E-state index in [1.807, 2.05) is 0 Å². The third-order valence-corrected chi connectivity index (χ3v) is 3.17. The number of rotatable bonds is 0. The fourth-order valence-electron chi connectivity index (χ4n) is 2.62. The van der Waals surface area contributed by atoms with E-state index >= 15 is 0 Å². The van der Waals surface area contributed by atoms with Gasteiger partial charge in [0, 0.05) is 11.8 Å². The SMILES string of the molecule is C1=C[C@H]2CC[C@@H]1C1=CCC=C12. The molecule has 0 aromatic heterocycles. The molecule has 4 aliphatic rings. The Morgan fingerprint density at radius 1 is 0.909 bits per heavy atom. The minimum Gasteiger partial charge on any atom is -0.0804 e. The van der Waals surface area contributed by atoms with Gasteiger partial charge in [-0.25, -0.2) is 0 Å². The van der Waals surface area contributed by atoms with Gasteiger partial charge in [0.2, 0.25) is 0 Å². The van der Waals surface area contributed by atoms with Crippen molar-refractivity contribution in [2.45, 2.75) is 19.3 Å². The highest BCUT2D eigenvalue weighted by molar-refractivity contribution is 5.48. The topological polar surface area (TPSA) is 0 Å². The van der Waals surface area contributed by atoms with Crippen molar-refractivity contribution in [3.8, 4) is 0 Å². The lowest BCUT2D eigenvalue weighted by Gasteiger charge is -2.34. The van der Waals surface area contributed by atoms with Crippen molar-refractivity contribution in [2.24, 2.45) is 11.8 Å². The van der Waals surface area contributed by atoms with Gasteiger partial charge in [-0.1, -0.05) is 24.3 Å². The average molecular weight is 144 g/mol. The molecule has 0 unspecified atom stereocenters. The molecule has 4 rings (SSSR count). The Morgan fingerprint density at radius 2 is 1.45 bits per heavy atom. The van der Waals surface area contributed by atoms with Crippen LogP contribution >= 0.6 is 0 Å². The maximum Gasteiger partial charge on any atom is 0.00183 e. The highest BCUT2D eigenvalue weighted by Crippen LogP contribution is 2.46. The molecule has 0 amide bonds. The number of hydrogen-bond acceptors (Lipinski definition) is 0. The highest BCUT2D eigenvalue weighted by atomic mass is 14.4. The van der Waals surface area contributed by atoms with Crippen LogP contribution in [0.2, 0.25) is 0 Å². The minimum absolute atomic E-state index is 0.786. The van der Waals surface area contributed by atoms with Gasteiger partial charge < -0.3 is 0 Å². The van der Waals surface area contributed by atoms with E-state index in [2.05, 4.69) is 24.3 Å². The van der Waals surface area contributed by atoms with E-state index in [1.54, 1.807) is 11.1 Å². The predicted octanol–water partition coefficient (Wildman–Crippen LogP) is 2.84. The Bertz CT molecular complexity index is 250. The lowest BCUT2D eigenvalue weighted by atomic mass is 9.71. The molecule has 0 aromatic rings. The summed E-state index contributed by atoms with van der Waals surface area (Å²) in [6.45, 7) is 0.